The van der Waals surface area contributed by atoms with Crippen molar-refractivity contribution in [3.8, 4) is 5.75 Å². The van der Waals surface area contributed by atoms with Crippen molar-refractivity contribution in [1.82, 2.24) is 5.32 Å². The average molecular weight is 320 g/mol. The zero-order valence-corrected chi connectivity index (χ0v) is 14.0. The molecule has 1 aromatic carbocycles. The van der Waals surface area contributed by atoms with E-state index >= 15 is 0 Å². The number of ether oxygens (including phenoxy) is 1. The van der Waals surface area contributed by atoms with Gasteiger partial charge in [-0.15, -0.1) is 0 Å². The van der Waals surface area contributed by atoms with E-state index in [1.165, 1.54) is 0 Å². The lowest BCUT2D eigenvalue weighted by molar-refractivity contribution is -0.126. The van der Waals surface area contributed by atoms with Crippen molar-refractivity contribution >= 4 is 5.91 Å². The Morgan fingerprint density at radius 1 is 1.43 bits per heavy atom. The van der Waals surface area contributed by atoms with Crippen LogP contribution >= 0.6 is 0 Å². The Kier molecular flexibility index (Phi) is 6.42. The number of aliphatic hydroxyl groups excluding tert-OH is 1. The van der Waals surface area contributed by atoms with Gasteiger partial charge in [0, 0.05) is 18.5 Å². The molecule has 1 aliphatic rings. The van der Waals surface area contributed by atoms with Gasteiger partial charge >= 0.3 is 0 Å². The summed E-state index contributed by atoms with van der Waals surface area (Å²) in [4.78, 5) is 12.2. The van der Waals surface area contributed by atoms with Gasteiger partial charge in [0.25, 0.3) is 0 Å². The van der Waals surface area contributed by atoms with Gasteiger partial charge in [0.05, 0.1) is 12.2 Å². The molecule has 0 aliphatic heterocycles. The molecule has 0 aromatic heterocycles. The fourth-order valence-electron chi connectivity index (χ4n) is 2.99. The van der Waals surface area contributed by atoms with E-state index in [0.717, 1.165) is 37.0 Å². The maximum Gasteiger partial charge on any atom is 0.223 e. The molecule has 23 heavy (non-hydrogen) atoms. The highest BCUT2D eigenvalue weighted by molar-refractivity contribution is 5.78. The van der Waals surface area contributed by atoms with Gasteiger partial charge in [-0.05, 0) is 50.8 Å². The Balaban J connectivity index is 1.86. The second kappa shape index (κ2) is 8.31. The van der Waals surface area contributed by atoms with Crippen LogP contribution in [-0.4, -0.2) is 29.7 Å². The topological polar surface area (TPSA) is 84.6 Å². The summed E-state index contributed by atoms with van der Waals surface area (Å²) in [6.07, 6.45) is 2.95. The van der Waals surface area contributed by atoms with Crippen LogP contribution < -0.4 is 15.8 Å². The van der Waals surface area contributed by atoms with Crippen molar-refractivity contribution in [2.24, 2.45) is 11.7 Å². The average Bonchev–Trinajstić information content (AvgIpc) is 2.52. The van der Waals surface area contributed by atoms with Crippen LogP contribution in [0.2, 0.25) is 0 Å². The molecule has 5 nitrogen and oxygen atoms in total. The van der Waals surface area contributed by atoms with Crippen molar-refractivity contribution in [2.45, 2.75) is 57.8 Å². The van der Waals surface area contributed by atoms with Gasteiger partial charge in [-0.2, -0.15) is 0 Å². The maximum atomic E-state index is 12.2. The summed E-state index contributed by atoms with van der Waals surface area (Å²) >= 11 is 0. The number of hydrogen-bond acceptors (Lipinski definition) is 4. The molecule has 0 bridgehead atoms. The van der Waals surface area contributed by atoms with Gasteiger partial charge in [0.1, 0.15) is 5.75 Å². The van der Waals surface area contributed by atoms with E-state index in [1.807, 2.05) is 38.1 Å². The number of nitrogens with one attached hydrogen (secondary N) is 1. The Morgan fingerprint density at radius 3 is 2.91 bits per heavy atom. The third-order valence-corrected chi connectivity index (χ3v) is 4.17. The fraction of sp³-hybridized carbons (Fsp3) is 0.611. The molecular formula is C18H28N2O3. The number of rotatable bonds is 6. The first-order chi connectivity index (χ1) is 11.0. The lowest BCUT2D eigenvalue weighted by Gasteiger charge is -2.26. The van der Waals surface area contributed by atoms with Crippen molar-refractivity contribution in [1.29, 1.82) is 0 Å². The summed E-state index contributed by atoms with van der Waals surface area (Å²) in [6, 6.07) is 7.47. The summed E-state index contributed by atoms with van der Waals surface area (Å²) in [5.74, 6) is 0.691. The highest BCUT2D eigenvalue weighted by Gasteiger charge is 2.25. The third kappa shape index (κ3) is 5.52. The molecule has 3 unspecified atom stereocenters. The fourth-order valence-corrected chi connectivity index (χ4v) is 2.99. The first kappa shape index (κ1) is 17.8. The van der Waals surface area contributed by atoms with Crippen LogP contribution in [0.15, 0.2) is 24.3 Å². The normalized spacial score (nSPS) is 22.7. The molecule has 1 saturated carbocycles. The number of aliphatic hydroxyl groups is 1. The second-order valence-electron chi connectivity index (χ2n) is 6.62. The van der Waals surface area contributed by atoms with Crippen LogP contribution in [0.3, 0.4) is 0 Å². The minimum atomic E-state index is -0.744. The predicted octanol–water partition coefficient (Wildman–Crippen LogP) is 2.14. The lowest BCUT2D eigenvalue weighted by atomic mass is 9.85. The van der Waals surface area contributed by atoms with Crippen molar-refractivity contribution in [3.05, 3.63) is 29.8 Å². The van der Waals surface area contributed by atoms with Gasteiger partial charge in [0.15, 0.2) is 0 Å². The zero-order valence-electron chi connectivity index (χ0n) is 14.0. The quantitative estimate of drug-likeness (QED) is 0.750. The first-order valence-electron chi connectivity index (χ1n) is 8.43. The molecule has 3 atom stereocenters. The summed E-state index contributed by atoms with van der Waals surface area (Å²) in [5.41, 5.74) is 6.66. The number of benzene rings is 1. The number of hydrogen-bond donors (Lipinski definition) is 3. The number of carbonyl (C=O) groups excluding carboxylic acids is 1. The van der Waals surface area contributed by atoms with Gasteiger partial charge < -0.3 is 20.9 Å². The number of carbonyl (C=O) groups is 1. The highest BCUT2D eigenvalue weighted by Crippen LogP contribution is 2.24. The maximum absolute atomic E-state index is 12.2. The van der Waals surface area contributed by atoms with E-state index in [1.54, 1.807) is 0 Å². The van der Waals surface area contributed by atoms with Crippen molar-refractivity contribution in [2.75, 3.05) is 6.54 Å². The monoisotopic (exact) mass is 320 g/mol. The van der Waals surface area contributed by atoms with Crippen LogP contribution in [0.5, 0.6) is 5.75 Å². The van der Waals surface area contributed by atoms with Crippen LogP contribution in [0.25, 0.3) is 0 Å². The Hall–Kier alpha value is -1.59. The SMILES string of the molecule is CC(C)Oc1cccc(C(O)CNC(=O)C2CCCC(N)C2)c1. The van der Waals surface area contributed by atoms with E-state index in [4.69, 9.17) is 10.5 Å². The largest absolute Gasteiger partial charge is 0.491 e. The van der Waals surface area contributed by atoms with E-state index < -0.39 is 6.10 Å². The van der Waals surface area contributed by atoms with Crippen molar-refractivity contribution < 1.29 is 14.6 Å². The Bertz CT molecular complexity index is 519. The molecule has 1 aromatic rings. The van der Waals surface area contributed by atoms with E-state index in [9.17, 15) is 9.90 Å². The van der Waals surface area contributed by atoms with Crippen LogP contribution in [-0.2, 0) is 4.79 Å². The van der Waals surface area contributed by atoms with Gasteiger partial charge in [-0.25, -0.2) is 0 Å². The molecule has 128 valence electrons. The molecule has 1 fully saturated rings. The summed E-state index contributed by atoms with van der Waals surface area (Å²) in [6.45, 7) is 4.12. The molecule has 0 radical (unpaired) electrons. The molecule has 5 heteroatoms. The van der Waals surface area contributed by atoms with Gasteiger partial charge in [-0.3, -0.25) is 4.79 Å². The minimum absolute atomic E-state index is 0.00575. The molecular weight excluding hydrogens is 292 g/mol. The van der Waals surface area contributed by atoms with E-state index in [-0.39, 0.29) is 30.5 Å². The Morgan fingerprint density at radius 2 is 2.22 bits per heavy atom. The third-order valence-electron chi connectivity index (χ3n) is 4.17. The molecule has 4 N–H and O–H groups in total. The van der Waals surface area contributed by atoms with Crippen LogP contribution in [0.1, 0.15) is 51.2 Å². The van der Waals surface area contributed by atoms with Crippen molar-refractivity contribution in [3.63, 3.8) is 0 Å². The van der Waals surface area contributed by atoms with Gasteiger partial charge in [-0.1, -0.05) is 18.6 Å². The Labute approximate surface area is 138 Å². The smallest absolute Gasteiger partial charge is 0.223 e. The molecule has 1 amide bonds. The molecule has 0 saturated heterocycles. The highest BCUT2D eigenvalue weighted by atomic mass is 16.5. The van der Waals surface area contributed by atoms with E-state index in [0.29, 0.717) is 0 Å². The molecule has 0 spiro atoms. The molecule has 1 aliphatic carbocycles. The van der Waals surface area contributed by atoms with E-state index in [2.05, 4.69) is 5.32 Å². The number of amides is 1. The minimum Gasteiger partial charge on any atom is -0.491 e. The first-order valence-corrected chi connectivity index (χ1v) is 8.43. The van der Waals surface area contributed by atoms with Gasteiger partial charge in [0.2, 0.25) is 5.91 Å². The molecule has 0 heterocycles. The second-order valence-corrected chi connectivity index (χ2v) is 6.62. The summed E-state index contributed by atoms with van der Waals surface area (Å²) in [5, 5.41) is 13.1. The predicted molar refractivity (Wildman–Crippen MR) is 90.1 cm³/mol. The molecule has 2 rings (SSSR count). The standard InChI is InChI=1S/C18H28N2O3/c1-12(2)23-16-8-4-5-13(10-16)17(21)11-20-18(22)14-6-3-7-15(19)9-14/h4-5,8,10,12,14-15,17,21H,3,6-7,9,11,19H2,1-2H3,(H,20,22). The van der Waals surface area contributed by atoms with Crippen LogP contribution in [0, 0.1) is 5.92 Å². The lowest BCUT2D eigenvalue weighted by Crippen LogP contribution is -2.39. The van der Waals surface area contributed by atoms with Crippen LogP contribution in [0.4, 0.5) is 0 Å². The summed E-state index contributed by atoms with van der Waals surface area (Å²) < 4.78 is 5.63. The number of nitrogens with two attached hydrogens (primary N) is 1. The zero-order chi connectivity index (χ0) is 16.8. The summed E-state index contributed by atoms with van der Waals surface area (Å²) in [7, 11) is 0.